The minimum Gasteiger partial charge on any atom is -0.288 e. The fourth-order valence-electron chi connectivity index (χ4n) is 3.07. The summed E-state index contributed by atoms with van der Waals surface area (Å²) in [7, 11) is 0. The molecule has 6 heteroatoms. The van der Waals surface area contributed by atoms with Gasteiger partial charge in [-0.15, -0.1) is 21.6 Å². The third-order valence-electron chi connectivity index (χ3n) is 4.70. The fourth-order valence-corrected chi connectivity index (χ4v) is 4.06. The van der Waals surface area contributed by atoms with Gasteiger partial charge in [0.15, 0.2) is 0 Å². The van der Waals surface area contributed by atoms with E-state index in [1.54, 1.807) is 6.92 Å². The van der Waals surface area contributed by atoms with E-state index in [9.17, 15) is 4.79 Å². The first-order valence-electron chi connectivity index (χ1n) is 9.62. The second-order valence-electron chi connectivity index (χ2n) is 6.94. The van der Waals surface area contributed by atoms with Crippen molar-refractivity contribution in [2.24, 2.45) is 20.7 Å². The number of carbonyl (C=O) groups excluding carboxylic acids is 1. The van der Waals surface area contributed by atoms with Crippen molar-refractivity contribution < 1.29 is 4.79 Å². The van der Waals surface area contributed by atoms with Crippen molar-refractivity contribution >= 4 is 17.1 Å². The molecule has 0 bridgehead atoms. The number of thiophene rings is 1. The summed E-state index contributed by atoms with van der Waals surface area (Å²) in [4.78, 5) is 13.4. The molecule has 1 aliphatic heterocycles. The van der Waals surface area contributed by atoms with E-state index in [1.807, 2.05) is 5.38 Å². The minimum atomic E-state index is -1.16. The van der Waals surface area contributed by atoms with Crippen LogP contribution in [0.3, 0.4) is 0 Å². The molecule has 0 saturated carbocycles. The lowest BCUT2D eigenvalue weighted by Gasteiger charge is -2.12. The van der Waals surface area contributed by atoms with Crippen molar-refractivity contribution in [2.45, 2.75) is 90.1 Å². The molecule has 2 rings (SSSR count). The summed E-state index contributed by atoms with van der Waals surface area (Å²) in [6, 6.07) is 2.05. The number of nitrogens with zero attached hydrogens (tertiary/aromatic N) is 4. The highest BCUT2D eigenvalue weighted by Crippen LogP contribution is 2.29. The van der Waals surface area contributed by atoms with Gasteiger partial charge in [0.1, 0.15) is 0 Å². The molecule has 1 aromatic rings. The second-order valence-corrected chi connectivity index (χ2v) is 7.85. The van der Waals surface area contributed by atoms with Gasteiger partial charge in [0.25, 0.3) is 5.66 Å². The van der Waals surface area contributed by atoms with Crippen LogP contribution in [0.4, 0.5) is 0 Å². The highest BCUT2D eigenvalue weighted by Gasteiger charge is 2.38. The van der Waals surface area contributed by atoms with Gasteiger partial charge < -0.3 is 0 Å². The van der Waals surface area contributed by atoms with Gasteiger partial charge in [0.05, 0.1) is 4.88 Å². The molecular formula is C19H30N4OS. The van der Waals surface area contributed by atoms with Crippen LogP contribution in [0.25, 0.3) is 0 Å². The predicted molar refractivity (Wildman–Crippen MR) is 102 cm³/mol. The highest BCUT2D eigenvalue weighted by atomic mass is 32.1. The summed E-state index contributed by atoms with van der Waals surface area (Å²) in [5.74, 6) is -0.0884. The average molecular weight is 363 g/mol. The molecule has 0 atom stereocenters. The Bertz CT molecular complexity index is 582. The largest absolute Gasteiger partial charge is 0.288 e. The van der Waals surface area contributed by atoms with Gasteiger partial charge in [0, 0.05) is 0 Å². The van der Waals surface area contributed by atoms with Gasteiger partial charge in [-0.25, -0.2) is 0 Å². The molecule has 25 heavy (non-hydrogen) atoms. The molecule has 138 valence electrons. The quantitative estimate of drug-likeness (QED) is 0.277. The Hall–Kier alpha value is -1.43. The monoisotopic (exact) mass is 362 g/mol. The summed E-state index contributed by atoms with van der Waals surface area (Å²) in [5, 5.41) is 16.7. The Balaban J connectivity index is 1.64. The Labute approximate surface area is 155 Å². The minimum absolute atomic E-state index is 0.0884. The lowest BCUT2D eigenvalue weighted by molar-refractivity contribution is 0.0910. The van der Waals surface area contributed by atoms with Gasteiger partial charge in [0.2, 0.25) is 5.78 Å². The number of Topliss-reactive ketones (excluding diaryl/α,β-unsaturated/α-hetero) is 1. The Morgan fingerprint density at radius 1 is 0.960 bits per heavy atom. The van der Waals surface area contributed by atoms with Crippen LogP contribution in [0.1, 0.15) is 93.3 Å². The number of rotatable bonds is 13. The van der Waals surface area contributed by atoms with E-state index >= 15 is 0 Å². The number of hydrogen-bond donors (Lipinski definition) is 0. The van der Waals surface area contributed by atoms with E-state index in [-0.39, 0.29) is 5.78 Å². The Morgan fingerprint density at radius 2 is 1.52 bits per heavy atom. The van der Waals surface area contributed by atoms with Crippen LogP contribution >= 0.6 is 11.3 Å². The van der Waals surface area contributed by atoms with Gasteiger partial charge in [-0.05, 0) is 47.2 Å². The third-order valence-corrected chi connectivity index (χ3v) is 5.66. The molecule has 0 aliphatic carbocycles. The van der Waals surface area contributed by atoms with Crippen molar-refractivity contribution in [2.75, 3.05) is 0 Å². The van der Waals surface area contributed by atoms with E-state index in [2.05, 4.69) is 33.7 Å². The second kappa shape index (κ2) is 10.5. The van der Waals surface area contributed by atoms with Crippen LogP contribution in [-0.4, -0.2) is 11.4 Å². The zero-order chi connectivity index (χ0) is 18.0. The highest BCUT2D eigenvalue weighted by molar-refractivity contribution is 7.12. The smallest absolute Gasteiger partial charge is 0.255 e. The standard InChI is InChI=1S/C19H30N4OS/c1-3-4-5-6-7-8-9-10-11-12-13-16-14-15-25-17(16)18(24)19(2)20-22-23-21-19/h14-15H,3-13H2,1-2H3. The van der Waals surface area contributed by atoms with Crippen molar-refractivity contribution in [1.29, 1.82) is 0 Å². The van der Waals surface area contributed by atoms with Gasteiger partial charge >= 0.3 is 0 Å². The lowest BCUT2D eigenvalue weighted by atomic mass is 10.0. The van der Waals surface area contributed by atoms with Crippen LogP contribution < -0.4 is 0 Å². The van der Waals surface area contributed by atoms with Gasteiger partial charge in [-0.3, -0.25) is 4.79 Å². The number of unbranched alkanes of at least 4 members (excludes halogenated alkanes) is 9. The number of aryl methyl sites for hydroxylation is 1. The van der Waals surface area contributed by atoms with Crippen molar-refractivity contribution in [3.63, 3.8) is 0 Å². The topological polar surface area (TPSA) is 66.5 Å². The fraction of sp³-hybridized carbons (Fsp3) is 0.737. The maximum absolute atomic E-state index is 12.6. The summed E-state index contributed by atoms with van der Waals surface area (Å²) < 4.78 is 0. The number of ketones is 1. The van der Waals surface area contributed by atoms with E-state index in [0.29, 0.717) is 0 Å². The summed E-state index contributed by atoms with van der Waals surface area (Å²) in [6.45, 7) is 3.92. The molecule has 0 radical (unpaired) electrons. The Morgan fingerprint density at radius 3 is 2.12 bits per heavy atom. The molecular weight excluding hydrogens is 332 g/mol. The van der Waals surface area contributed by atoms with Crippen LogP contribution in [0, 0.1) is 0 Å². The molecule has 0 N–H and O–H groups in total. The van der Waals surface area contributed by atoms with Crippen molar-refractivity contribution in [3.05, 3.63) is 21.9 Å². The normalized spacial score (nSPS) is 15.1. The third kappa shape index (κ3) is 6.10. The SMILES string of the molecule is CCCCCCCCCCCCc1ccsc1C(=O)C1(C)N=NN=N1. The Kier molecular flexibility index (Phi) is 8.38. The van der Waals surface area contributed by atoms with E-state index in [0.717, 1.165) is 23.3 Å². The van der Waals surface area contributed by atoms with E-state index < -0.39 is 5.66 Å². The molecule has 0 saturated heterocycles. The van der Waals surface area contributed by atoms with Crippen molar-refractivity contribution in [1.82, 2.24) is 0 Å². The number of hydrogen-bond acceptors (Lipinski definition) is 6. The average Bonchev–Trinajstić information content (AvgIpc) is 3.25. The van der Waals surface area contributed by atoms with Gasteiger partial charge in [-0.2, -0.15) is 0 Å². The first kappa shape index (κ1) is 19.9. The zero-order valence-electron chi connectivity index (χ0n) is 15.5. The maximum Gasteiger partial charge on any atom is 0.255 e. The summed E-state index contributed by atoms with van der Waals surface area (Å²) >= 11 is 1.47. The lowest BCUT2D eigenvalue weighted by Crippen LogP contribution is -2.29. The zero-order valence-corrected chi connectivity index (χ0v) is 16.4. The molecule has 1 aliphatic rings. The molecule has 2 heterocycles. The molecule has 0 unspecified atom stereocenters. The molecule has 0 fully saturated rings. The summed E-state index contributed by atoms with van der Waals surface area (Å²) in [6.07, 6.45) is 14.2. The van der Waals surface area contributed by atoms with Crippen LogP contribution in [0.2, 0.25) is 0 Å². The first-order valence-corrected chi connectivity index (χ1v) is 10.5. The molecule has 5 nitrogen and oxygen atoms in total. The predicted octanol–water partition coefficient (Wildman–Crippen LogP) is 6.94. The molecule has 0 amide bonds. The molecule has 1 aromatic heterocycles. The van der Waals surface area contributed by atoms with Crippen molar-refractivity contribution in [3.8, 4) is 0 Å². The molecule has 0 spiro atoms. The van der Waals surface area contributed by atoms with E-state index in [1.165, 1.54) is 69.1 Å². The van der Waals surface area contributed by atoms with Crippen LogP contribution in [0.15, 0.2) is 32.1 Å². The van der Waals surface area contributed by atoms with Crippen LogP contribution in [-0.2, 0) is 6.42 Å². The first-order chi connectivity index (χ1) is 12.2. The van der Waals surface area contributed by atoms with E-state index in [4.69, 9.17) is 0 Å². The van der Waals surface area contributed by atoms with Crippen LogP contribution in [0.5, 0.6) is 0 Å². The maximum atomic E-state index is 12.6. The van der Waals surface area contributed by atoms with Gasteiger partial charge in [-0.1, -0.05) is 64.7 Å². The molecule has 0 aromatic carbocycles. The number of carbonyl (C=O) groups is 1. The summed E-state index contributed by atoms with van der Waals surface area (Å²) in [5.41, 5.74) is -0.0368.